The molecule has 0 atom stereocenters. The van der Waals surface area contributed by atoms with E-state index in [2.05, 4.69) is 5.32 Å². The van der Waals surface area contributed by atoms with Gasteiger partial charge in [0.25, 0.3) is 5.91 Å². The van der Waals surface area contributed by atoms with Crippen molar-refractivity contribution in [2.24, 2.45) is 0 Å². The Morgan fingerprint density at radius 2 is 1.55 bits per heavy atom. The Morgan fingerprint density at radius 1 is 0.935 bits per heavy atom. The normalized spacial score (nSPS) is 15.7. The molecular formula is C21H27N3O5S2. The minimum absolute atomic E-state index is 0.0237. The van der Waals surface area contributed by atoms with E-state index in [1.54, 1.807) is 18.2 Å². The van der Waals surface area contributed by atoms with Crippen LogP contribution in [0.5, 0.6) is 0 Å². The summed E-state index contributed by atoms with van der Waals surface area (Å²) < 4.78 is 53.0. The third-order valence-corrected chi connectivity index (χ3v) is 9.07. The Kier molecular flexibility index (Phi) is 7.15. The number of amides is 1. The van der Waals surface area contributed by atoms with Gasteiger partial charge in [-0.05, 0) is 48.7 Å². The Hall–Kier alpha value is -2.27. The lowest BCUT2D eigenvalue weighted by Crippen LogP contribution is -2.35. The Labute approximate surface area is 184 Å². The summed E-state index contributed by atoms with van der Waals surface area (Å²) in [4.78, 5) is 12.8. The third kappa shape index (κ3) is 5.15. The zero-order valence-electron chi connectivity index (χ0n) is 17.6. The molecule has 10 heteroatoms. The van der Waals surface area contributed by atoms with Gasteiger partial charge >= 0.3 is 0 Å². The molecule has 0 radical (unpaired) electrons. The third-order valence-electron chi connectivity index (χ3n) is 5.24. The number of hydrogen-bond donors (Lipinski definition) is 1. The van der Waals surface area contributed by atoms with Crippen LogP contribution in [0.15, 0.2) is 58.3 Å². The van der Waals surface area contributed by atoms with Crippen molar-refractivity contribution in [3.05, 3.63) is 59.7 Å². The number of benzene rings is 2. The van der Waals surface area contributed by atoms with E-state index in [1.165, 1.54) is 48.7 Å². The predicted octanol–water partition coefficient (Wildman–Crippen LogP) is 2.04. The summed E-state index contributed by atoms with van der Waals surface area (Å²) in [6, 6.07) is 12.3. The summed E-state index contributed by atoms with van der Waals surface area (Å²) in [6.07, 6.45) is 2.74. The van der Waals surface area contributed by atoms with Crippen LogP contribution in [-0.4, -0.2) is 58.5 Å². The van der Waals surface area contributed by atoms with Crippen molar-refractivity contribution in [1.82, 2.24) is 13.9 Å². The highest BCUT2D eigenvalue weighted by Gasteiger charge is 2.26. The van der Waals surface area contributed by atoms with E-state index in [0.29, 0.717) is 24.2 Å². The molecule has 3 rings (SSSR count). The lowest BCUT2D eigenvalue weighted by atomic mass is 10.2. The van der Waals surface area contributed by atoms with E-state index in [0.717, 1.165) is 23.6 Å². The molecular weight excluding hydrogens is 438 g/mol. The van der Waals surface area contributed by atoms with Gasteiger partial charge < -0.3 is 5.32 Å². The second kappa shape index (κ2) is 9.47. The Bertz CT molecular complexity index is 1140. The zero-order chi connectivity index (χ0) is 22.6. The fourth-order valence-corrected chi connectivity index (χ4v) is 6.04. The molecule has 1 saturated heterocycles. The number of carbonyl (C=O) groups excluding carboxylic acids is 1. The number of piperidine rings is 1. The number of nitrogens with zero attached hydrogens (tertiary/aromatic N) is 2. The Balaban J connectivity index is 1.72. The van der Waals surface area contributed by atoms with Gasteiger partial charge in [-0.3, -0.25) is 4.79 Å². The van der Waals surface area contributed by atoms with Crippen molar-refractivity contribution in [2.45, 2.75) is 35.6 Å². The average molecular weight is 466 g/mol. The van der Waals surface area contributed by atoms with Crippen molar-refractivity contribution >= 4 is 26.0 Å². The molecule has 8 nitrogen and oxygen atoms in total. The van der Waals surface area contributed by atoms with Gasteiger partial charge in [-0.15, -0.1) is 0 Å². The van der Waals surface area contributed by atoms with Crippen LogP contribution in [0.25, 0.3) is 0 Å². The quantitative estimate of drug-likeness (QED) is 0.674. The van der Waals surface area contributed by atoms with Crippen LogP contribution in [0.4, 0.5) is 0 Å². The Morgan fingerprint density at radius 3 is 2.16 bits per heavy atom. The van der Waals surface area contributed by atoms with E-state index < -0.39 is 26.0 Å². The minimum Gasteiger partial charge on any atom is -0.348 e. The predicted molar refractivity (Wildman–Crippen MR) is 118 cm³/mol. The maximum Gasteiger partial charge on any atom is 0.251 e. The maximum absolute atomic E-state index is 12.7. The summed E-state index contributed by atoms with van der Waals surface area (Å²) in [6.45, 7) is 1.05. The van der Waals surface area contributed by atoms with Gasteiger partial charge in [0.15, 0.2) is 0 Å². The molecule has 1 aliphatic heterocycles. The van der Waals surface area contributed by atoms with Gasteiger partial charge in [0, 0.05) is 39.3 Å². The molecule has 2 aromatic rings. The maximum atomic E-state index is 12.7. The molecule has 0 bridgehead atoms. The molecule has 168 valence electrons. The lowest BCUT2D eigenvalue weighted by molar-refractivity contribution is 0.0950. The van der Waals surface area contributed by atoms with Crippen molar-refractivity contribution in [3.8, 4) is 0 Å². The molecule has 1 aliphatic rings. The summed E-state index contributed by atoms with van der Waals surface area (Å²) in [5.74, 6) is -0.418. The molecule has 0 unspecified atom stereocenters. The molecule has 31 heavy (non-hydrogen) atoms. The van der Waals surface area contributed by atoms with Crippen LogP contribution in [0.3, 0.4) is 0 Å². The minimum atomic E-state index is -3.64. The van der Waals surface area contributed by atoms with Gasteiger partial charge in [0.2, 0.25) is 20.0 Å². The van der Waals surface area contributed by atoms with Crippen LogP contribution < -0.4 is 5.32 Å². The molecule has 0 spiro atoms. The molecule has 1 fully saturated rings. The number of rotatable bonds is 7. The average Bonchev–Trinajstić information content (AvgIpc) is 2.78. The fraction of sp³-hybridized carbons (Fsp3) is 0.381. The summed E-state index contributed by atoms with van der Waals surface area (Å²) in [5.41, 5.74) is 0.763. The van der Waals surface area contributed by atoms with E-state index in [9.17, 15) is 21.6 Å². The molecule has 2 aromatic carbocycles. The number of carbonyl (C=O) groups is 1. The zero-order valence-corrected chi connectivity index (χ0v) is 19.2. The molecule has 0 aliphatic carbocycles. The van der Waals surface area contributed by atoms with Gasteiger partial charge in [0.1, 0.15) is 0 Å². The van der Waals surface area contributed by atoms with E-state index in [-0.39, 0.29) is 16.3 Å². The topological polar surface area (TPSA) is 104 Å². The molecule has 1 heterocycles. The van der Waals surface area contributed by atoms with Gasteiger partial charge in [-0.2, -0.15) is 4.31 Å². The van der Waals surface area contributed by atoms with Crippen molar-refractivity contribution in [1.29, 1.82) is 0 Å². The second-order valence-electron chi connectivity index (χ2n) is 7.57. The number of nitrogens with one attached hydrogen (secondary N) is 1. The van der Waals surface area contributed by atoms with E-state index in [4.69, 9.17) is 0 Å². The molecule has 1 N–H and O–H groups in total. The molecule has 1 amide bonds. The molecule has 0 saturated carbocycles. The van der Waals surface area contributed by atoms with Crippen LogP contribution in [0, 0.1) is 0 Å². The van der Waals surface area contributed by atoms with Crippen LogP contribution in [0.1, 0.15) is 35.2 Å². The highest BCUT2D eigenvalue weighted by molar-refractivity contribution is 7.89. The smallest absolute Gasteiger partial charge is 0.251 e. The van der Waals surface area contributed by atoms with E-state index >= 15 is 0 Å². The van der Waals surface area contributed by atoms with Gasteiger partial charge in [-0.25, -0.2) is 21.1 Å². The molecule has 0 aromatic heterocycles. The first kappa shape index (κ1) is 23.4. The monoisotopic (exact) mass is 465 g/mol. The van der Waals surface area contributed by atoms with Gasteiger partial charge in [-0.1, -0.05) is 24.6 Å². The van der Waals surface area contributed by atoms with E-state index in [1.807, 2.05) is 0 Å². The fourth-order valence-electron chi connectivity index (χ4n) is 3.41. The SMILES string of the molecule is CN(C)S(=O)(=O)c1ccccc1CNC(=O)c1ccc(S(=O)(=O)N2CCCCC2)cc1. The number of sulfonamides is 2. The number of hydrogen-bond acceptors (Lipinski definition) is 5. The highest BCUT2D eigenvalue weighted by atomic mass is 32.2. The first-order chi connectivity index (χ1) is 14.6. The van der Waals surface area contributed by atoms with Crippen LogP contribution in [0.2, 0.25) is 0 Å². The largest absolute Gasteiger partial charge is 0.348 e. The standard InChI is InChI=1S/C21H27N3O5S2/c1-23(2)31(28,29)20-9-5-4-8-18(20)16-22-21(25)17-10-12-19(13-11-17)30(26,27)24-14-6-3-7-15-24/h4-5,8-13H,3,6-7,14-16H2,1-2H3,(H,22,25). The summed E-state index contributed by atoms with van der Waals surface area (Å²) in [7, 11) is -4.30. The summed E-state index contributed by atoms with van der Waals surface area (Å²) >= 11 is 0. The van der Waals surface area contributed by atoms with Gasteiger partial charge in [0.05, 0.1) is 9.79 Å². The summed E-state index contributed by atoms with van der Waals surface area (Å²) in [5, 5.41) is 2.71. The lowest BCUT2D eigenvalue weighted by Gasteiger charge is -2.25. The van der Waals surface area contributed by atoms with Crippen LogP contribution in [-0.2, 0) is 26.6 Å². The highest BCUT2D eigenvalue weighted by Crippen LogP contribution is 2.21. The first-order valence-corrected chi connectivity index (χ1v) is 12.9. The van der Waals surface area contributed by atoms with Crippen molar-refractivity contribution in [3.63, 3.8) is 0 Å². The van der Waals surface area contributed by atoms with Crippen LogP contribution >= 0.6 is 0 Å². The first-order valence-electron chi connectivity index (χ1n) is 10.0. The van der Waals surface area contributed by atoms with Crippen molar-refractivity contribution in [2.75, 3.05) is 27.2 Å². The van der Waals surface area contributed by atoms with Crippen molar-refractivity contribution < 1.29 is 21.6 Å². The second-order valence-corrected chi connectivity index (χ2v) is 11.6.